The van der Waals surface area contributed by atoms with Crippen LogP contribution in [0.2, 0.25) is 0 Å². The fourth-order valence-electron chi connectivity index (χ4n) is 3.37. The molecule has 0 bridgehead atoms. The van der Waals surface area contributed by atoms with Crippen LogP contribution in [-0.4, -0.2) is 26.8 Å². The van der Waals surface area contributed by atoms with Gasteiger partial charge in [0.05, 0.1) is 5.69 Å². The van der Waals surface area contributed by atoms with Crippen molar-refractivity contribution in [3.05, 3.63) is 71.8 Å². The summed E-state index contributed by atoms with van der Waals surface area (Å²) in [5.41, 5.74) is 3.70. The smallest absolute Gasteiger partial charge is 0.345 e. The summed E-state index contributed by atoms with van der Waals surface area (Å²) < 4.78 is 7.44. The molecule has 1 aliphatic carbocycles. The molecule has 1 aromatic heterocycles. The fraction of sp³-hybridized carbons (Fsp3) is 0.318. The number of allylic oxidation sites excluding steroid dienone is 1. The summed E-state index contributed by atoms with van der Waals surface area (Å²) in [6.07, 6.45) is 8.80. The van der Waals surface area contributed by atoms with Crippen molar-refractivity contribution in [3.8, 4) is 17.4 Å². The van der Waals surface area contributed by atoms with E-state index in [1.54, 1.807) is 10.3 Å². The highest BCUT2D eigenvalue weighted by molar-refractivity contribution is 5.34. The first-order valence-corrected chi connectivity index (χ1v) is 9.88. The van der Waals surface area contributed by atoms with E-state index in [2.05, 4.69) is 39.1 Å². The standard InChI is InChI=1S/C22H25N5O/c1-3-7-18(8-4-1)15-16-23-17-19-11-13-21(14-12-19)28-22-24-25-26-27(22)20-9-5-2-6-10-20/h2,5-7,9-14,23H,1,3-4,8,15-17H2. The molecule has 4 rings (SSSR count). The molecule has 6 nitrogen and oxygen atoms in total. The Morgan fingerprint density at radius 3 is 2.64 bits per heavy atom. The normalized spacial score (nSPS) is 13.9. The van der Waals surface area contributed by atoms with Crippen molar-refractivity contribution in [2.45, 2.75) is 38.6 Å². The van der Waals surface area contributed by atoms with Gasteiger partial charge < -0.3 is 10.1 Å². The first-order chi connectivity index (χ1) is 13.9. The third-order valence-electron chi connectivity index (χ3n) is 4.91. The van der Waals surface area contributed by atoms with Crippen molar-refractivity contribution in [1.82, 2.24) is 25.5 Å². The molecular formula is C22H25N5O. The molecule has 0 radical (unpaired) electrons. The fourth-order valence-corrected chi connectivity index (χ4v) is 3.37. The van der Waals surface area contributed by atoms with Crippen molar-refractivity contribution in [3.63, 3.8) is 0 Å². The number of aromatic nitrogens is 4. The van der Waals surface area contributed by atoms with E-state index >= 15 is 0 Å². The minimum absolute atomic E-state index is 0.345. The molecule has 0 aliphatic heterocycles. The number of benzene rings is 2. The average Bonchev–Trinajstić information content (AvgIpc) is 3.22. The molecule has 28 heavy (non-hydrogen) atoms. The second kappa shape index (κ2) is 9.28. The molecule has 6 heteroatoms. The van der Waals surface area contributed by atoms with Gasteiger partial charge in [-0.05, 0) is 78.9 Å². The van der Waals surface area contributed by atoms with Crippen LogP contribution in [0.15, 0.2) is 66.2 Å². The maximum absolute atomic E-state index is 5.86. The van der Waals surface area contributed by atoms with Crippen molar-refractivity contribution in [2.75, 3.05) is 6.54 Å². The lowest BCUT2D eigenvalue weighted by atomic mass is 9.97. The minimum atomic E-state index is 0.345. The molecule has 0 atom stereocenters. The van der Waals surface area contributed by atoms with Gasteiger partial charge in [0, 0.05) is 6.54 Å². The maximum atomic E-state index is 5.86. The molecule has 3 aromatic rings. The molecule has 0 saturated heterocycles. The van der Waals surface area contributed by atoms with Gasteiger partial charge >= 0.3 is 6.01 Å². The Kier molecular flexibility index (Phi) is 6.09. The Morgan fingerprint density at radius 2 is 1.86 bits per heavy atom. The van der Waals surface area contributed by atoms with Crippen molar-refractivity contribution >= 4 is 0 Å². The summed E-state index contributed by atoms with van der Waals surface area (Å²) in [7, 11) is 0. The zero-order valence-electron chi connectivity index (χ0n) is 15.9. The van der Waals surface area contributed by atoms with E-state index in [1.165, 1.54) is 31.2 Å². The van der Waals surface area contributed by atoms with E-state index in [0.717, 1.165) is 25.2 Å². The maximum Gasteiger partial charge on any atom is 0.345 e. The van der Waals surface area contributed by atoms with Crippen LogP contribution in [0.5, 0.6) is 11.8 Å². The molecule has 1 aliphatic rings. The van der Waals surface area contributed by atoms with Crippen LogP contribution in [-0.2, 0) is 6.54 Å². The molecular weight excluding hydrogens is 350 g/mol. The predicted molar refractivity (Wildman–Crippen MR) is 109 cm³/mol. The molecule has 0 spiro atoms. The predicted octanol–water partition coefficient (Wildman–Crippen LogP) is 4.43. The highest BCUT2D eigenvalue weighted by Gasteiger charge is 2.10. The van der Waals surface area contributed by atoms with Crippen LogP contribution in [0.4, 0.5) is 0 Å². The van der Waals surface area contributed by atoms with E-state index in [1.807, 2.05) is 42.5 Å². The number of hydrogen-bond acceptors (Lipinski definition) is 5. The number of ether oxygens (including phenoxy) is 1. The Morgan fingerprint density at radius 1 is 1.00 bits per heavy atom. The Labute approximate surface area is 165 Å². The zero-order valence-corrected chi connectivity index (χ0v) is 15.9. The lowest BCUT2D eigenvalue weighted by Gasteiger charge is -2.13. The van der Waals surface area contributed by atoms with Gasteiger partial charge in [0.25, 0.3) is 0 Å². The van der Waals surface area contributed by atoms with Crippen LogP contribution >= 0.6 is 0 Å². The molecule has 1 heterocycles. The molecule has 144 valence electrons. The number of nitrogens with zero attached hydrogens (tertiary/aromatic N) is 4. The second-order valence-corrected chi connectivity index (χ2v) is 6.99. The zero-order chi connectivity index (χ0) is 19.0. The Balaban J connectivity index is 1.29. The number of para-hydroxylation sites is 1. The van der Waals surface area contributed by atoms with Gasteiger partial charge in [0.1, 0.15) is 5.75 Å². The summed E-state index contributed by atoms with van der Waals surface area (Å²) in [5.74, 6) is 0.711. The number of rotatable bonds is 8. The van der Waals surface area contributed by atoms with Gasteiger partial charge in [-0.15, -0.1) is 0 Å². The first kappa shape index (κ1) is 18.4. The largest absolute Gasteiger partial charge is 0.423 e. The van der Waals surface area contributed by atoms with Gasteiger partial charge in [0.15, 0.2) is 0 Å². The van der Waals surface area contributed by atoms with Crippen LogP contribution in [0.3, 0.4) is 0 Å². The minimum Gasteiger partial charge on any atom is -0.423 e. The van der Waals surface area contributed by atoms with Gasteiger partial charge in [-0.1, -0.05) is 47.1 Å². The van der Waals surface area contributed by atoms with E-state index in [9.17, 15) is 0 Å². The van der Waals surface area contributed by atoms with E-state index in [4.69, 9.17) is 4.74 Å². The molecule has 0 unspecified atom stereocenters. The molecule has 0 fully saturated rings. The lowest BCUT2D eigenvalue weighted by molar-refractivity contribution is 0.427. The molecule has 2 aromatic carbocycles. The van der Waals surface area contributed by atoms with E-state index < -0.39 is 0 Å². The SMILES string of the molecule is C1=C(CCNCc2ccc(Oc3nnnn3-c3ccccc3)cc2)CCCC1. The topological polar surface area (TPSA) is 64.9 Å². The molecule has 1 N–H and O–H groups in total. The van der Waals surface area contributed by atoms with E-state index in [0.29, 0.717) is 11.8 Å². The molecule has 0 saturated carbocycles. The van der Waals surface area contributed by atoms with Gasteiger partial charge in [0.2, 0.25) is 0 Å². The third-order valence-corrected chi connectivity index (χ3v) is 4.91. The quantitative estimate of drug-likeness (QED) is 0.466. The number of nitrogens with one attached hydrogen (secondary N) is 1. The summed E-state index contributed by atoms with van der Waals surface area (Å²) in [6.45, 7) is 1.88. The van der Waals surface area contributed by atoms with Crippen molar-refractivity contribution in [1.29, 1.82) is 0 Å². The van der Waals surface area contributed by atoms with Crippen LogP contribution in [0, 0.1) is 0 Å². The average molecular weight is 375 g/mol. The van der Waals surface area contributed by atoms with Gasteiger partial charge in [-0.25, -0.2) is 0 Å². The van der Waals surface area contributed by atoms with Crippen LogP contribution in [0.1, 0.15) is 37.7 Å². The second-order valence-electron chi connectivity index (χ2n) is 6.99. The van der Waals surface area contributed by atoms with Crippen molar-refractivity contribution < 1.29 is 4.74 Å². The Hall–Kier alpha value is -2.99. The summed E-state index contributed by atoms with van der Waals surface area (Å²) in [6, 6.07) is 18.1. The number of tetrazole rings is 1. The van der Waals surface area contributed by atoms with Crippen LogP contribution in [0.25, 0.3) is 5.69 Å². The highest BCUT2D eigenvalue weighted by atomic mass is 16.5. The summed E-state index contributed by atoms with van der Waals surface area (Å²) >= 11 is 0. The van der Waals surface area contributed by atoms with Gasteiger partial charge in [-0.2, -0.15) is 4.68 Å². The summed E-state index contributed by atoms with van der Waals surface area (Å²) in [4.78, 5) is 0. The molecule has 0 amide bonds. The number of hydrogen-bond donors (Lipinski definition) is 1. The summed E-state index contributed by atoms with van der Waals surface area (Å²) in [5, 5.41) is 15.2. The van der Waals surface area contributed by atoms with Crippen molar-refractivity contribution in [2.24, 2.45) is 0 Å². The Bertz CT molecular complexity index is 902. The highest BCUT2D eigenvalue weighted by Crippen LogP contribution is 2.22. The lowest BCUT2D eigenvalue weighted by Crippen LogP contribution is -2.15. The van der Waals surface area contributed by atoms with Gasteiger partial charge in [-0.3, -0.25) is 0 Å². The first-order valence-electron chi connectivity index (χ1n) is 9.88. The van der Waals surface area contributed by atoms with Crippen LogP contribution < -0.4 is 10.1 Å². The third kappa shape index (κ3) is 4.84. The van der Waals surface area contributed by atoms with E-state index in [-0.39, 0.29) is 0 Å². The monoisotopic (exact) mass is 375 g/mol.